The molecule has 1 saturated heterocycles. The predicted molar refractivity (Wildman–Crippen MR) is 104 cm³/mol. The number of benzene rings is 1. The number of hydrogen-bond donors (Lipinski definition) is 1. The standard InChI is InChI=1S/C20H22N6O2/c27-20(18-2-1-7-22-19(18)25-8-10-28-11-9-25)23-12-16-3-5-17(6-4-16)13-26-15-21-14-24-26/h1-7,14-15H,8-13H2,(H,23,27). The lowest BCUT2D eigenvalue weighted by Gasteiger charge is -2.29. The molecule has 8 heteroatoms. The number of carbonyl (C=O) groups excluding carboxylic acids is 1. The lowest BCUT2D eigenvalue weighted by Crippen LogP contribution is -2.38. The molecule has 8 nitrogen and oxygen atoms in total. The molecule has 0 spiro atoms. The highest BCUT2D eigenvalue weighted by Gasteiger charge is 2.19. The van der Waals surface area contributed by atoms with Gasteiger partial charge in [0.25, 0.3) is 5.91 Å². The quantitative estimate of drug-likeness (QED) is 0.700. The van der Waals surface area contributed by atoms with Crippen molar-refractivity contribution < 1.29 is 9.53 Å². The van der Waals surface area contributed by atoms with Crippen LogP contribution in [-0.4, -0.2) is 52.0 Å². The molecule has 1 N–H and O–H groups in total. The summed E-state index contributed by atoms with van der Waals surface area (Å²) in [5.74, 6) is 0.591. The van der Waals surface area contributed by atoms with Crippen molar-refractivity contribution in [3.05, 3.63) is 71.9 Å². The Morgan fingerprint density at radius 3 is 2.64 bits per heavy atom. The van der Waals surface area contributed by atoms with Crippen LogP contribution < -0.4 is 10.2 Å². The molecule has 144 valence electrons. The molecule has 3 heterocycles. The first-order valence-electron chi connectivity index (χ1n) is 9.26. The van der Waals surface area contributed by atoms with Crippen molar-refractivity contribution in [3.63, 3.8) is 0 Å². The molecule has 0 aliphatic carbocycles. The van der Waals surface area contributed by atoms with Crippen LogP contribution in [0.25, 0.3) is 0 Å². The van der Waals surface area contributed by atoms with Crippen molar-refractivity contribution in [2.24, 2.45) is 0 Å². The normalized spacial score (nSPS) is 14.1. The van der Waals surface area contributed by atoms with Gasteiger partial charge in [0, 0.05) is 25.8 Å². The predicted octanol–water partition coefficient (Wildman–Crippen LogP) is 1.49. The zero-order valence-electron chi connectivity index (χ0n) is 15.5. The first-order chi connectivity index (χ1) is 13.8. The average molecular weight is 378 g/mol. The Labute approximate surface area is 163 Å². The van der Waals surface area contributed by atoms with Crippen LogP contribution in [0.3, 0.4) is 0 Å². The fourth-order valence-corrected chi connectivity index (χ4v) is 3.14. The van der Waals surface area contributed by atoms with E-state index in [-0.39, 0.29) is 5.91 Å². The Bertz CT molecular complexity index is 905. The number of nitrogens with zero attached hydrogens (tertiary/aromatic N) is 5. The number of rotatable bonds is 6. The summed E-state index contributed by atoms with van der Waals surface area (Å²) in [5.41, 5.74) is 2.75. The van der Waals surface area contributed by atoms with Crippen LogP contribution >= 0.6 is 0 Å². The number of aromatic nitrogens is 4. The molecule has 0 bridgehead atoms. The van der Waals surface area contributed by atoms with Crippen molar-refractivity contribution in [1.29, 1.82) is 0 Å². The summed E-state index contributed by atoms with van der Waals surface area (Å²) in [6, 6.07) is 11.7. The monoisotopic (exact) mass is 378 g/mol. The molecule has 1 aromatic carbocycles. The first kappa shape index (κ1) is 18.1. The summed E-state index contributed by atoms with van der Waals surface area (Å²) in [5, 5.41) is 7.10. The van der Waals surface area contributed by atoms with Crippen molar-refractivity contribution >= 4 is 11.7 Å². The minimum Gasteiger partial charge on any atom is -0.378 e. The molecule has 1 aliphatic heterocycles. The Kier molecular flexibility index (Phi) is 5.58. The molecule has 28 heavy (non-hydrogen) atoms. The number of carbonyl (C=O) groups is 1. The molecular weight excluding hydrogens is 356 g/mol. The molecule has 1 aliphatic rings. The fraction of sp³-hybridized carbons (Fsp3) is 0.300. The maximum atomic E-state index is 12.7. The molecular formula is C20H22N6O2. The Morgan fingerprint density at radius 1 is 1.11 bits per heavy atom. The van der Waals surface area contributed by atoms with Crippen LogP contribution in [0.4, 0.5) is 5.82 Å². The second kappa shape index (κ2) is 8.62. The molecule has 3 aromatic rings. The highest BCUT2D eigenvalue weighted by molar-refractivity contribution is 5.98. The van der Waals surface area contributed by atoms with Gasteiger partial charge in [-0.05, 0) is 23.3 Å². The summed E-state index contributed by atoms with van der Waals surface area (Å²) in [7, 11) is 0. The zero-order valence-corrected chi connectivity index (χ0v) is 15.5. The lowest BCUT2D eigenvalue weighted by atomic mass is 10.1. The third-order valence-corrected chi connectivity index (χ3v) is 4.63. The van der Waals surface area contributed by atoms with Gasteiger partial charge in [-0.15, -0.1) is 0 Å². The summed E-state index contributed by atoms with van der Waals surface area (Å²) in [6.07, 6.45) is 4.93. The lowest BCUT2D eigenvalue weighted by molar-refractivity contribution is 0.0949. The molecule has 0 saturated carbocycles. The summed E-state index contributed by atoms with van der Waals surface area (Å²) >= 11 is 0. The van der Waals surface area contributed by atoms with E-state index >= 15 is 0 Å². The van der Waals surface area contributed by atoms with Crippen LogP contribution in [0, 0.1) is 0 Å². The van der Waals surface area contributed by atoms with Gasteiger partial charge in [-0.25, -0.2) is 14.6 Å². The van der Waals surface area contributed by atoms with Gasteiger partial charge in [0.2, 0.25) is 0 Å². The first-order valence-corrected chi connectivity index (χ1v) is 9.26. The minimum atomic E-state index is -0.124. The van der Waals surface area contributed by atoms with Crippen LogP contribution in [0.5, 0.6) is 0 Å². The van der Waals surface area contributed by atoms with Gasteiger partial charge in [0.1, 0.15) is 18.5 Å². The highest BCUT2D eigenvalue weighted by atomic mass is 16.5. The maximum absolute atomic E-state index is 12.7. The van der Waals surface area contributed by atoms with E-state index in [0.29, 0.717) is 37.7 Å². The number of morpholine rings is 1. The zero-order chi connectivity index (χ0) is 19.2. The number of ether oxygens (including phenoxy) is 1. The third-order valence-electron chi connectivity index (χ3n) is 4.63. The van der Waals surface area contributed by atoms with Gasteiger partial charge < -0.3 is 15.0 Å². The van der Waals surface area contributed by atoms with Gasteiger partial charge >= 0.3 is 0 Å². The highest BCUT2D eigenvalue weighted by Crippen LogP contribution is 2.18. The van der Waals surface area contributed by atoms with Crippen molar-refractivity contribution in [2.45, 2.75) is 13.1 Å². The smallest absolute Gasteiger partial charge is 0.255 e. The number of anilines is 1. The largest absolute Gasteiger partial charge is 0.378 e. The molecule has 4 rings (SSSR count). The molecule has 0 atom stereocenters. The van der Waals surface area contributed by atoms with E-state index in [0.717, 1.165) is 24.2 Å². The van der Waals surface area contributed by atoms with Crippen molar-refractivity contribution in [2.75, 3.05) is 31.2 Å². The summed E-state index contributed by atoms with van der Waals surface area (Å²) in [4.78, 5) is 23.2. The van der Waals surface area contributed by atoms with Gasteiger partial charge in [0.15, 0.2) is 0 Å². The van der Waals surface area contributed by atoms with E-state index in [1.807, 2.05) is 30.3 Å². The van der Waals surface area contributed by atoms with Crippen LogP contribution in [0.1, 0.15) is 21.5 Å². The molecule has 1 fully saturated rings. The van der Waals surface area contributed by atoms with E-state index in [1.165, 1.54) is 6.33 Å². The molecule has 0 radical (unpaired) electrons. The van der Waals surface area contributed by atoms with Gasteiger partial charge in [-0.2, -0.15) is 5.10 Å². The van der Waals surface area contributed by atoms with E-state index in [4.69, 9.17) is 4.74 Å². The summed E-state index contributed by atoms with van der Waals surface area (Å²) in [6.45, 7) is 3.91. The van der Waals surface area contributed by atoms with Crippen molar-refractivity contribution in [1.82, 2.24) is 25.1 Å². The Hall–Kier alpha value is -3.26. The van der Waals surface area contributed by atoms with Gasteiger partial charge in [-0.3, -0.25) is 4.79 Å². The van der Waals surface area contributed by atoms with E-state index in [1.54, 1.807) is 23.3 Å². The molecule has 1 amide bonds. The van der Waals surface area contributed by atoms with Crippen LogP contribution in [-0.2, 0) is 17.8 Å². The topological polar surface area (TPSA) is 85.2 Å². The van der Waals surface area contributed by atoms with Crippen LogP contribution in [0.2, 0.25) is 0 Å². The molecule has 0 unspecified atom stereocenters. The number of nitrogens with one attached hydrogen (secondary N) is 1. The number of amides is 1. The van der Waals surface area contributed by atoms with E-state index in [9.17, 15) is 4.79 Å². The Morgan fingerprint density at radius 2 is 1.89 bits per heavy atom. The number of pyridine rings is 1. The minimum absolute atomic E-state index is 0.124. The maximum Gasteiger partial charge on any atom is 0.255 e. The van der Waals surface area contributed by atoms with Crippen molar-refractivity contribution in [3.8, 4) is 0 Å². The second-order valence-electron chi connectivity index (χ2n) is 6.57. The summed E-state index contributed by atoms with van der Waals surface area (Å²) < 4.78 is 7.16. The number of hydrogen-bond acceptors (Lipinski definition) is 6. The Balaban J connectivity index is 1.38. The second-order valence-corrected chi connectivity index (χ2v) is 6.57. The fourth-order valence-electron chi connectivity index (χ4n) is 3.14. The SMILES string of the molecule is O=C(NCc1ccc(Cn2cncn2)cc1)c1cccnc1N1CCOCC1. The van der Waals surface area contributed by atoms with E-state index < -0.39 is 0 Å². The van der Waals surface area contributed by atoms with Gasteiger partial charge in [0.05, 0.1) is 25.3 Å². The van der Waals surface area contributed by atoms with Crippen LogP contribution in [0.15, 0.2) is 55.2 Å². The van der Waals surface area contributed by atoms with E-state index in [2.05, 4.69) is 25.3 Å². The average Bonchev–Trinajstić information content (AvgIpc) is 3.27. The molecule has 2 aromatic heterocycles. The third kappa shape index (κ3) is 4.34. The van der Waals surface area contributed by atoms with Gasteiger partial charge in [-0.1, -0.05) is 24.3 Å².